The lowest BCUT2D eigenvalue weighted by Crippen LogP contribution is -2.35. The Balaban J connectivity index is 1.68. The molecule has 0 aromatic carbocycles. The zero-order valence-corrected chi connectivity index (χ0v) is 11.9. The fraction of sp³-hybridized carbons (Fsp3) is 0.400. The van der Waals surface area contributed by atoms with Crippen LogP contribution in [0, 0.1) is 6.92 Å². The standard InChI is InChI=1S/C15H18FN5/c1-11-7-13(4-6-17-11)18-9-14-8-12(16)10-21(14)15-3-2-5-19-20-15/h2-7,12,14H,8-10H2,1H3,(H,17,18)/t12-,14-/m0/s1. The molecule has 1 saturated heterocycles. The summed E-state index contributed by atoms with van der Waals surface area (Å²) in [6.07, 6.45) is 3.08. The minimum atomic E-state index is -0.821. The molecule has 0 saturated carbocycles. The van der Waals surface area contributed by atoms with E-state index in [2.05, 4.69) is 20.5 Å². The quantitative estimate of drug-likeness (QED) is 0.934. The first-order valence-electron chi connectivity index (χ1n) is 7.07. The SMILES string of the molecule is Cc1cc(NC[C@@H]2C[C@H](F)CN2c2cccnn2)ccn1. The van der Waals surface area contributed by atoms with Crippen LogP contribution in [0.4, 0.5) is 15.9 Å². The number of rotatable bonds is 4. The summed E-state index contributed by atoms with van der Waals surface area (Å²) >= 11 is 0. The number of hydrogen-bond acceptors (Lipinski definition) is 5. The smallest absolute Gasteiger partial charge is 0.151 e. The number of anilines is 2. The predicted molar refractivity (Wildman–Crippen MR) is 80.1 cm³/mol. The summed E-state index contributed by atoms with van der Waals surface area (Å²) < 4.78 is 13.8. The number of aromatic nitrogens is 3. The van der Waals surface area contributed by atoms with Crippen molar-refractivity contribution >= 4 is 11.5 Å². The molecule has 1 aliphatic heterocycles. The van der Waals surface area contributed by atoms with Gasteiger partial charge in [-0.1, -0.05) is 0 Å². The second-order valence-corrected chi connectivity index (χ2v) is 5.29. The number of nitrogens with one attached hydrogen (secondary N) is 1. The first kappa shape index (κ1) is 13.7. The van der Waals surface area contributed by atoms with Crippen LogP contribution >= 0.6 is 0 Å². The monoisotopic (exact) mass is 287 g/mol. The Hall–Kier alpha value is -2.24. The molecule has 110 valence electrons. The minimum absolute atomic E-state index is 0.0742. The first-order chi connectivity index (χ1) is 10.2. The van der Waals surface area contributed by atoms with Crippen LogP contribution < -0.4 is 10.2 Å². The van der Waals surface area contributed by atoms with Crippen LogP contribution in [-0.4, -0.2) is 40.5 Å². The molecule has 5 nitrogen and oxygen atoms in total. The Morgan fingerprint density at radius 1 is 1.38 bits per heavy atom. The summed E-state index contributed by atoms with van der Waals surface area (Å²) in [4.78, 5) is 6.15. The molecule has 0 unspecified atom stereocenters. The Kier molecular flexibility index (Phi) is 3.94. The van der Waals surface area contributed by atoms with Crippen molar-refractivity contribution in [1.29, 1.82) is 0 Å². The van der Waals surface area contributed by atoms with E-state index < -0.39 is 6.17 Å². The van der Waals surface area contributed by atoms with Gasteiger partial charge in [-0.15, -0.1) is 5.10 Å². The minimum Gasteiger partial charge on any atom is -0.383 e. The van der Waals surface area contributed by atoms with Gasteiger partial charge in [-0.2, -0.15) is 5.10 Å². The maximum Gasteiger partial charge on any atom is 0.151 e. The van der Waals surface area contributed by atoms with E-state index in [1.165, 1.54) is 0 Å². The molecule has 1 fully saturated rings. The topological polar surface area (TPSA) is 53.9 Å². The molecule has 2 aromatic rings. The summed E-state index contributed by atoms with van der Waals surface area (Å²) in [6, 6.07) is 7.67. The predicted octanol–water partition coefficient (Wildman–Crippen LogP) is 2.21. The lowest BCUT2D eigenvalue weighted by molar-refractivity contribution is 0.357. The van der Waals surface area contributed by atoms with Crippen molar-refractivity contribution in [1.82, 2.24) is 15.2 Å². The van der Waals surface area contributed by atoms with Crippen molar-refractivity contribution in [3.05, 3.63) is 42.4 Å². The van der Waals surface area contributed by atoms with Gasteiger partial charge in [0, 0.05) is 36.7 Å². The molecule has 6 heteroatoms. The van der Waals surface area contributed by atoms with E-state index in [1.54, 1.807) is 12.4 Å². The fourth-order valence-corrected chi connectivity index (χ4v) is 2.67. The zero-order valence-electron chi connectivity index (χ0n) is 11.9. The van der Waals surface area contributed by atoms with Crippen molar-refractivity contribution in [2.45, 2.75) is 25.6 Å². The van der Waals surface area contributed by atoms with Crippen LogP contribution in [-0.2, 0) is 0 Å². The number of halogens is 1. The van der Waals surface area contributed by atoms with Crippen LogP contribution in [0.5, 0.6) is 0 Å². The van der Waals surface area contributed by atoms with Crippen LogP contribution in [0.25, 0.3) is 0 Å². The third-order valence-electron chi connectivity index (χ3n) is 3.65. The highest BCUT2D eigenvalue weighted by molar-refractivity contribution is 5.45. The molecule has 0 amide bonds. The van der Waals surface area contributed by atoms with Gasteiger partial charge >= 0.3 is 0 Å². The maximum atomic E-state index is 13.8. The second kappa shape index (κ2) is 6.03. The Bertz CT molecular complexity index is 592. The first-order valence-corrected chi connectivity index (χ1v) is 7.07. The van der Waals surface area contributed by atoms with Gasteiger partial charge in [0.15, 0.2) is 5.82 Å². The van der Waals surface area contributed by atoms with E-state index >= 15 is 0 Å². The van der Waals surface area contributed by atoms with Crippen LogP contribution in [0.3, 0.4) is 0 Å². The van der Waals surface area contributed by atoms with Gasteiger partial charge in [0.1, 0.15) is 6.17 Å². The van der Waals surface area contributed by atoms with Crippen LogP contribution in [0.15, 0.2) is 36.7 Å². The number of alkyl halides is 1. The molecule has 3 heterocycles. The molecule has 1 aliphatic rings. The number of aryl methyl sites for hydroxylation is 1. The molecule has 2 atom stereocenters. The van der Waals surface area contributed by atoms with Crippen LogP contribution in [0.1, 0.15) is 12.1 Å². The van der Waals surface area contributed by atoms with Crippen LogP contribution in [0.2, 0.25) is 0 Å². The van der Waals surface area contributed by atoms with Gasteiger partial charge in [0.2, 0.25) is 0 Å². The summed E-state index contributed by atoms with van der Waals surface area (Å²) in [5, 5.41) is 11.3. The van der Waals surface area contributed by atoms with Gasteiger partial charge < -0.3 is 10.2 Å². The van der Waals surface area contributed by atoms with E-state index in [0.717, 1.165) is 17.2 Å². The number of hydrogen-bond donors (Lipinski definition) is 1. The summed E-state index contributed by atoms with van der Waals surface area (Å²) in [7, 11) is 0. The van der Waals surface area contributed by atoms with Crippen molar-refractivity contribution < 1.29 is 4.39 Å². The highest BCUT2D eigenvalue weighted by Gasteiger charge is 2.32. The third-order valence-corrected chi connectivity index (χ3v) is 3.65. The molecule has 1 N–H and O–H groups in total. The molecule has 21 heavy (non-hydrogen) atoms. The number of pyridine rings is 1. The largest absolute Gasteiger partial charge is 0.383 e. The van der Waals surface area contributed by atoms with E-state index in [1.807, 2.05) is 36.1 Å². The highest BCUT2D eigenvalue weighted by Crippen LogP contribution is 2.25. The zero-order chi connectivity index (χ0) is 14.7. The van der Waals surface area contributed by atoms with Crippen molar-refractivity contribution in [2.24, 2.45) is 0 Å². The normalized spacial score (nSPS) is 21.5. The van der Waals surface area contributed by atoms with Gasteiger partial charge in [-0.25, -0.2) is 4.39 Å². The number of nitrogens with zero attached hydrogens (tertiary/aromatic N) is 4. The van der Waals surface area contributed by atoms with E-state index in [9.17, 15) is 4.39 Å². The van der Waals surface area contributed by atoms with Gasteiger partial charge in [-0.3, -0.25) is 4.98 Å². The molecular formula is C15H18FN5. The molecule has 3 rings (SSSR count). The Morgan fingerprint density at radius 3 is 3.05 bits per heavy atom. The third kappa shape index (κ3) is 3.26. The van der Waals surface area contributed by atoms with E-state index in [-0.39, 0.29) is 6.04 Å². The summed E-state index contributed by atoms with van der Waals surface area (Å²) in [6.45, 7) is 2.99. The lowest BCUT2D eigenvalue weighted by Gasteiger charge is -2.25. The molecule has 0 bridgehead atoms. The lowest BCUT2D eigenvalue weighted by atomic mass is 10.2. The van der Waals surface area contributed by atoms with Gasteiger partial charge in [0.05, 0.1) is 12.6 Å². The van der Waals surface area contributed by atoms with Crippen molar-refractivity contribution in [3.8, 4) is 0 Å². The Morgan fingerprint density at radius 2 is 2.29 bits per heavy atom. The molecule has 0 radical (unpaired) electrons. The second-order valence-electron chi connectivity index (χ2n) is 5.29. The van der Waals surface area contributed by atoms with E-state index in [4.69, 9.17) is 0 Å². The molecular weight excluding hydrogens is 269 g/mol. The summed E-state index contributed by atoms with van der Waals surface area (Å²) in [5.74, 6) is 0.732. The summed E-state index contributed by atoms with van der Waals surface area (Å²) in [5.41, 5.74) is 1.96. The van der Waals surface area contributed by atoms with Gasteiger partial charge in [0.25, 0.3) is 0 Å². The van der Waals surface area contributed by atoms with Crippen molar-refractivity contribution in [3.63, 3.8) is 0 Å². The molecule has 0 spiro atoms. The maximum absolute atomic E-state index is 13.8. The average Bonchev–Trinajstić information content (AvgIpc) is 2.87. The van der Waals surface area contributed by atoms with E-state index in [0.29, 0.717) is 19.5 Å². The Labute approximate surface area is 123 Å². The molecule has 2 aromatic heterocycles. The highest BCUT2D eigenvalue weighted by atomic mass is 19.1. The fourth-order valence-electron chi connectivity index (χ4n) is 2.67. The molecule has 0 aliphatic carbocycles. The average molecular weight is 287 g/mol. The van der Waals surface area contributed by atoms with Crippen molar-refractivity contribution in [2.75, 3.05) is 23.3 Å². The van der Waals surface area contributed by atoms with Gasteiger partial charge in [-0.05, 0) is 31.2 Å².